The number of phenols is 1. The fourth-order valence-electron chi connectivity index (χ4n) is 1.87. The molecule has 100 valence electrons. The average molecular weight is 261 g/mol. The largest absolute Gasteiger partial charge is 0.508 e. The lowest BCUT2D eigenvalue weighted by Crippen LogP contribution is -2.06. The van der Waals surface area contributed by atoms with Gasteiger partial charge in [0, 0.05) is 0 Å². The minimum atomic E-state index is -0.397. The van der Waals surface area contributed by atoms with Gasteiger partial charge in [0.15, 0.2) is 11.6 Å². The van der Waals surface area contributed by atoms with E-state index in [0.29, 0.717) is 13.0 Å². The molecular formula is C15H16FNO2. The zero-order valence-corrected chi connectivity index (χ0v) is 10.5. The molecule has 0 fully saturated rings. The molecule has 3 nitrogen and oxygen atoms in total. The predicted octanol–water partition coefficient (Wildman–Crippen LogP) is 2.61. The number of phenolic OH excluding ortho intramolecular Hbond substituents is 1. The number of aromatic hydroxyl groups is 1. The second-order valence-electron chi connectivity index (χ2n) is 4.23. The third-order valence-corrected chi connectivity index (χ3v) is 2.76. The van der Waals surface area contributed by atoms with E-state index >= 15 is 0 Å². The van der Waals surface area contributed by atoms with Crippen LogP contribution >= 0.6 is 0 Å². The molecule has 4 heteroatoms. The highest BCUT2D eigenvalue weighted by atomic mass is 19.1. The van der Waals surface area contributed by atoms with Crippen LogP contribution in [0, 0.1) is 5.82 Å². The number of hydrogen-bond acceptors (Lipinski definition) is 3. The molecule has 0 bridgehead atoms. The Morgan fingerprint density at radius 3 is 2.68 bits per heavy atom. The molecule has 0 spiro atoms. The van der Waals surface area contributed by atoms with E-state index in [0.717, 1.165) is 11.1 Å². The van der Waals surface area contributed by atoms with Gasteiger partial charge in [-0.1, -0.05) is 24.3 Å². The monoisotopic (exact) mass is 261 g/mol. The van der Waals surface area contributed by atoms with Crippen molar-refractivity contribution in [2.75, 3.05) is 6.54 Å². The lowest BCUT2D eigenvalue weighted by molar-refractivity contribution is 0.286. The molecule has 0 heterocycles. The Morgan fingerprint density at radius 1 is 1.16 bits per heavy atom. The molecule has 2 aromatic rings. The molecule has 3 N–H and O–H groups in total. The van der Waals surface area contributed by atoms with Gasteiger partial charge in [0.25, 0.3) is 0 Å². The molecule has 0 amide bonds. The van der Waals surface area contributed by atoms with Gasteiger partial charge in [-0.15, -0.1) is 0 Å². The summed E-state index contributed by atoms with van der Waals surface area (Å²) in [7, 11) is 0. The maximum atomic E-state index is 13.7. The summed E-state index contributed by atoms with van der Waals surface area (Å²) in [4.78, 5) is 0. The fourth-order valence-corrected chi connectivity index (χ4v) is 1.87. The molecule has 0 aliphatic rings. The average Bonchev–Trinajstić information content (AvgIpc) is 2.38. The second kappa shape index (κ2) is 6.20. The summed E-state index contributed by atoms with van der Waals surface area (Å²) in [6.45, 7) is 0.638. The van der Waals surface area contributed by atoms with E-state index in [9.17, 15) is 9.50 Å². The minimum Gasteiger partial charge on any atom is -0.508 e. The quantitative estimate of drug-likeness (QED) is 0.869. The van der Waals surface area contributed by atoms with E-state index < -0.39 is 5.82 Å². The molecule has 0 atom stereocenters. The van der Waals surface area contributed by atoms with Gasteiger partial charge in [0.2, 0.25) is 0 Å². The van der Waals surface area contributed by atoms with Crippen molar-refractivity contribution in [2.24, 2.45) is 5.73 Å². The van der Waals surface area contributed by atoms with Gasteiger partial charge >= 0.3 is 0 Å². The van der Waals surface area contributed by atoms with Crippen molar-refractivity contribution in [2.45, 2.75) is 13.0 Å². The van der Waals surface area contributed by atoms with E-state index in [1.165, 1.54) is 6.07 Å². The lowest BCUT2D eigenvalue weighted by atomic mass is 10.1. The maximum absolute atomic E-state index is 13.7. The van der Waals surface area contributed by atoms with Gasteiger partial charge < -0.3 is 15.6 Å². The summed E-state index contributed by atoms with van der Waals surface area (Å²) in [5.41, 5.74) is 7.03. The first-order chi connectivity index (χ1) is 9.20. The Kier molecular flexibility index (Phi) is 4.36. The number of ether oxygens (including phenoxy) is 1. The summed E-state index contributed by atoms with van der Waals surface area (Å²) in [5, 5.41) is 9.36. The Balaban J connectivity index is 2.14. The van der Waals surface area contributed by atoms with Gasteiger partial charge in [-0.05, 0) is 42.3 Å². The summed E-state index contributed by atoms with van der Waals surface area (Å²) >= 11 is 0. The van der Waals surface area contributed by atoms with Crippen LogP contribution in [0.5, 0.6) is 11.5 Å². The Labute approximate surface area is 111 Å². The zero-order chi connectivity index (χ0) is 13.7. The van der Waals surface area contributed by atoms with Crippen LogP contribution in [0.1, 0.15) is 11.1 Å². The SMILES string of the molecule is NCCc1cccc(F)c1OCc1cccc(O)c1. The standard InChI is InChI=1S/C15H16FNO2/c16-14-6-2-4-12(7-8-17)15(14)19-10-11-3-1-5-13(18)9-11/h1-6,9,18H,7-8,10,17H2. The van der Waals surface area contributed by atoms with Crippen LogP contribution in [0.3, 0.4) is 0 Å². The molecule has 2 rings (SSSR count). The van der Waals surface area contributed by atoms with Gasteiger partial charge in [-0.25, -0.2) is 4.39 Å². The topological polar surface area (TPSA) is 55.5 Å². The predicted molar refractivity (Wildman–Crippen MR) is 71.6 cm³/mol. The summed E-state index contributed by atoms with van der Waals surface area (Å²) in [6.07, 6.45) is 0.563. The molecule has 2 aromatic carbocycles. The zero-order valence-electron chi connectivity index (χ0n) is 10.5. The number of benzene rings is 2. The highest BCUT2D eigenvalue weighted by Crippen LogP contribution is 2.24. The van der Waals surface area contributed by atoms with Crippen LogP contribution in [-0.4, -0.2) is 11.7 Å². The molecule has 0 aliphatic carbocycles. The molecular weight excluding hydrogens is 245 g/mol. The van der Waals surface area contributed by atoms with Crippen LogP contribution in [0.15, 0.2) is 42.5 Å². The van der Waals surface area contributed by atoms with Crippen LogP contribution in [0.4, 0.5) is 4.39 Å². The highest BCUT2D eigenvalue weighted by molar-refractivity contribution is 5.36. The van der Waals surface area contributed by atoms with Crippen LogP contribution in [-0.2, 0) is 13.0 Å². The molecule has 0 saturated heterocycles. The van der Waals surface area contributed by atoms with Crippen molar-refractivity contribution in [1.29, 1.82) is 0 Å². The van der Waals surface area contributed by atoms with E-state index in [1.54, 1.807) is 30.3 Å². The van der Waals surface area contributed by atoms with Gasteiger partial charge in [-0.2, -0.15) is 0 Å². The lowest BCUT2D eigenvalue weighted by Gasteiger charge is -2.12. The number of rotatable bonds is 5. The van der Waals surface area contributed by atoms with E-state index in [4.69, 9.17) is 10.5 Å². The summed E-state index contributed by atoms with van der Waals surface area (Å²) in [5.74, 6) is -0.000730. The van der Waals surface area contributed by atoms with Crippen molar-refractivity contribution in [1.82, 2.24) is 0 Å². The maximum Gasteiger partial charge on any atom is 0.165 e. The first-order valence-electron chi connectivity index (χ1n) is 6.09. The van der Waals surface area contributed by atoms with E-state index in [1.807, 2.05) is 6.07 Å². The molecule has 0 aromatic heterocycles. The van der Waals surface area contributed by atoms with E-state index in [2.05, 4.69) is 0 Å². The van der Waals surface area contributed by atoms with Crippen molar-refractivity contribution >= 4 is 0 Å². The van der Waals surface area contributed by atoms with E-state index in [-0.39, 0.29) is 18.1 Å². The first kappa shape index (κ1) is 13.4. The van der Waals surface area contributed by atoms with Crippen molar-refractivity contribution in [3.8, 4) is 11.5 Å². The second-order valence-corrected chi connectivity index (χ2v) is 4.23. The van der Waals surface area contributed by atoms with Crippen molar-refractivity contribution in [3.05, 3.63) is 59.4 Å². The van der Waals surface area contributed by atoms with Crippen LogP contribution < -0.4 is 10.5 Å². The number of para-hydroxylation sites is 1. The number of hydrogen-bond donors (Lipinski definition) is 2. The minimum absolute atomic E-state index is 0.164. The van der Waals surface area contributed by atoms with Crippen LogP contribution in [0.25, 0.3) is 0 Å². The third kappa shape index (κ3) is 3.45. The Bertz CT molecular complexity index is 558. The fraction of sp³-hybridized carbons (Fsp3) is 0.200. The summed E-state index contributed by atoms with van der Waals surface area (Å²) in [6, 6.07) is 11.5. The van der Waals surface area contributed by atoms with Gasteiger partial charge in [-0.3, -0.25) is 0 Å². The smallest absolute Gasteiger partial charge is 0.165 e. The molecule has 0 aliphatic heterocycles. The Hall–Kier alpha value is -2.07. The highest BCUT2D eigenvalue weighted by Gasteiger charge is 2.09. The van der Waals surface area contributed by atoms with Crippen molar-refractivity contribution in [3.63, 3.8) is 0 Å². The number of nitrogens with two attached hydrogens (primary N) is 1. The summed E-state index contributed by atoms with van der Waals surface area (Å²) < 4.78 is 19.3. The van der Waals surface area contributed by atoms with Crippen molar-refractivity contribution < 1.29 is 14.2 Å². The van der Waals surface area contributed by atoms with Gasteiger partial charge in [0.1, 0.15) is 12.4 Å². The first-order valence-corrected chi connectivity index (χ1v) is 6.09. The molecule has 0 saturated carbocycles. The number of halogens is 1. The molecule has 0 unspecified atom stereocenters. The molecule has 0 radical (unpaired) electrons. The van der Waals surface area contributed by atoms with Gasteiger partial charge in [0.05, 0.1) is 0 Å². The third-order valence-electron chi connectivity index (χ3n) is 2.76. The Morgan fingerprint density at radius 2 is 1.95 bits per heavy atom. The van der Waals surface area contributed by atoms with Crippen LogP contribution in [0.2, 0.25) is 0 Å². The molecule has 19 heavy (non-hydrogen) atoms. The normalized spacial score (nSPS) is 10.4.